The maximum absolute atomic E-state index is 6.33. The molecule has 206 valence electrons. The molecule has 4 aromatic carbocycles. The Hall–Kier alpha value is -3.70. The number of hydrogen-bond acceptors (Lipinski definition) is 8. The smallest absolute Gasteiger partial charge is 0.250 e. The van der Waals surface area contributed by atoms with Gasteiger partial charge in [0, 0.05) is 37.0 Å². The molecule has 0 saturated carbocycles. The molecule has 0 atom stereocenters. The van der Waals surface area contributed by atoms with Gasteiger partial charge >= 0.3 is 0 Å². The summed E-state index contributed by atoms with van der Waals surface area (Å²) in [6, 6.07) is 28.3. The van der Waals surface area contributed by atoms with Crippen LogP contribution in [-0.4, -0.2) is 21.2 Å². The van der Waals surface area contributed by atoms with Gasteiger partial charge in [0.15, 0.2) is 0 Å². The van der Waals surface area contributed by atoms with Crippen LogP contribution in [0.4, 0.5) is 29.2 Å². The van der Waals surface area contributed by atoms with Crippen LogP contribution in [0.2, 0.25) is 10.0 Å². The van der Waals surface area contributed by atoms with E-state index in [2.05, 4.69) is 68.0 Å². The molecule has 5 rings (SSSR count). The average Bonchev–Trinajstić information content (AvgIpc) is 2.94. The predicted octanol–water partition coefficient (Wildman–Crippen LogP) is 9.22. The van der Waals surface area contributed by atoms with E-state index in [1.54, 1.807) is 18.3 Å². The Balaban J connectivity index is 1.38. The topological polar surface area (TPSA) is 96.4 Å². The molecule has 0 aliphatic rings. The lowest BCUT2D eigenvalue weighted by molar-refractivity contribution is 0.304. The van der Waals surface area contributed by atoms with Gasteiger partial charge in [0.05, 0.1) is 10.7 Å². The van der Waals surface area contributed by atoms with E-state index < -0.39 is 0 Å². The number of para-hydroxylation sites is 2. The first-order valence-electron chi connectivity index (χ1n) is 12.2. The Morgan fingerprint density at radius 3 is 1.98 bits per heavy atom. The Morgan fingerprint density at radius 2 is 1.37 bits per heavy atom. The number of hydrogen-bond donors (Lipinski definition) is 3. The molecular formula is C29H21Br2Cl2N7O. The lowest BCUT2D eigenvalue weighted by Gasteiger charge is -2.13. The molecule has 12 heteroatoms. The van der Waals surface area contributed by atoms with Crippen molar-refractivity contribution in [1.29, 1.82) is 0 Å². The molecule has 41 heavy (non-hydrogen) atoms. The third kappa shape index (κ3) is 8.17. The van der Waals surface area contributed by atoms with Crippen LogP contribution in [-0.2, 0) is 6.61 Å². The number of benzene rings is 4. The summed E-state index contributed by atoms with van der Waals surface area (Å²) in [6.07, 6.45) is 1.62. The third-order valence-corrected chi connectivity index (χ3v) is 7.12. The molecule has 5 aromatic rings. The molecule has 0 aliphatic heterocycles. The van der Waals surface area contributed by atoms with Crippen molar-refractivity contribution in [2.24, 2.45) is 5.10 Å². The Labute approximate surface area is 263 Å². The van der Waals surface area contributed by atoms with Crippen molar-refractivity contribution in [2.45, 2.75) is 6.61 Å². The second-order valence-corrected chi connectivity index (χ2v) is 11.1. The zero-order valence-corrected chi connectivity index (χ0v) is 25.8. The summed E-state index contributed by atoms with van der Waals surface area (Å²) >= 11 is 19.5. The van der Waals surface area contributed by atoms with E-state index in [1.165, 1.54) is 0 Å². The average molecular weight is 714 g/mol. The normalized spacial score (nSPS) is 10.9. The molecule has 0 saturated heterocycles. The van der Waals surface area contributed by atoms with Crippen LogP contribution < -0.4 is 20.8 Å². The summed E-state index contributed by atoms with van der Waals surface area (Å²) in [6.45, 7) is 0.237. The van der Waals surface area contributed by atoms with Crippen molar-refractivity contribution in [3.63, 3.8) is 0 Å². The Morgan fingerprint density at radius 1 is 0.756 bits per heavy atom. The molecule has 1 aromatic heterocycles. The molecule has 0 fully saturated rings. The van der Waals surface area contributed by atoms with Gasteiger partial charge in [-0.3, -0.25) is 0 Å². The number of halogens is 4. The first kappa shape index (κ1) is 28.8. The minimum atomic E-state index is 0.234. The zero-order chi connectivity index (χ0) is 28.6. The fourth-order valence-corrected chi connectivity index (χ4v) is 5.45. The summed E-state index contributed by atoms with van der Waals surface area (Å²) in [4.78, 5) is 13.5. The number of nitrogens with one attached hydrogen (secondary N) is 3. The lowest BCUT2D eigenvalue weighted by Crippen LogP contribution is -2.07. The molecule has 0 bridgehead atoms. The highest BCUT2D eigenvalue weighted by Crippen LogP contribution is 2.33. The van der Waals surface area contributed by atoms with E-state index in [0.717, 1.165) is 25.9 Å². The molecule has 0 unspecified atom stereocenters. The molecule has 0 radical (unpaired) electrons. The van der Waals surface area contributed by atoms with Crippen LogP contribution in [0.15, 0.2) is 105 Å². The zero-order valence-electron chi connectivity index (χ0n) is 21.2. The molecule has 1 heterocycles. The van der Waals surface area contributed by atoms with Crippen LogP contribution in [0.25, 0.3) is 0 Å². The van der Waals surface area contributed by atoms with Gasteiger partial charge in [-0.2, -0.15) is 20.1 Å². The number of nitrogens with zero attached hydrogens (tertiary/aromatic N) is 4. The second-order valence-electron chi connectivity index (χ2n) is 8.49. The van der Waals surface area contributed by atoms with Gasteiger partial charge in [-0.05, 0) is 64.5 Å². The highest BCUT2D eigenvalue weighted by Gasteiger charge is 2.12. The van der Waals surface area contributed by atoms with Crippen molar-refractivity contribution in [1.82, 2.24) is 15.0 Å². The second kappa shape index (κ2) is 13.8. The van der Waals surface area contributed by atoms with Crippen LogP contribution >= 0.6 is 55.1 Å². The molecular weight excluding hydrogens is 693 g/mol. The molecule has 0 aliphatic carbocycles. The van der Waals surface area contributed by atoms with Crippen LogP contribution in [0, 0.1) is 0 Å². The van der Waals surface area contributed by atoms with Gasteiger partial charge in [0.1, 0.15) is 12.4 Å². The monoisotopic (exact) mass is 711 g/mol. The van der Waals surface area contributed by atoms with Crippen molar-refractivity contribution >= 4 is 90.5 Å². The van der Waals surface area contributed by atoms with Crippen LogP contribution in [0.1, 0.15) is 11.1 Å². The molecule has 8 nitrogen and oxygen atoms in total. The summed E-state index contributed by atoms with van der Waals surface area (Å²) in [5, 5.41) is 11.9. The van der Waals surface area contributed by atoms with Crippen molar-refractivity contribution < 1.29 is 4.74 Å². The van der Waals surface area contributed by atoms with Crippen molar-refractivity contribution in [3.8, 4) is 5.75 Å². The van der Waals surface area contributed by atoms with Gasteiger partial charge < -0.3 is 15.4 Å². The van der Waals surface area contributed by atoms with Crippen LogP contribution in [0.5, 0.6) is 5.75 Å². The molecule has 3 N–H and O–H groups in total. The van der Waals surface area contributed by atoms with Gasteiger partial charge in [0.25, 0.3) is 0 Å². The standard InChI is InChI=1S/C29H21Br2Cl2N7O/c30-20-13-19(26(24(31)14-20)41-17-18-11-12-21(32)15-25(18)33)16-34-40-29-38-27(35-22-7-3-1-4-8-22)37-28(39-29)36-23-9-5-2-6-10-23/h1-16H,17H2,(H3,35,36,37,38,39,40)/b34-16-. The maximum Gasteiger partial charge on any atom is 0.250 e. The number of anilines is 5. The number of hydrazone groups is 1. The minimum Gasteiger partial charge on any atom is -0.487 e. The first-order valence-corrected chi connectivity index (χ1v) is 14.5. The minimum absolute atomic E-state index is 0.234. The Bertz CT molecular complexity index is 1620. The number of aromatic nitrogens is 3. The highest BCUT2D eigenvalue weighted by molar-refractivity contribution is 9.11. The van der Waals surface area contributed by atoms with Gasteiger partial charge in [-0.25, -0.2) is 5.43 Å². The van der Waals surface area contributed by atoms with E-state index in [9.17, 15) is 0 Å². The van der Waals surface area contributed by atoms with E-state index in [1.807, 2.05) is 78.9 Å². The SMILES string of the molecule is Clc1ccc(COc2c(Br)cc(Br)cc2/C=N\Nc2nc(Nc3ccccc3)nc(Nc3ccccc3)n2)c(Cl)c1. The van der Waals surface area contributed by atoms with Gasteiger partial charge in [-0.15, -0.1) is 0 Å². The fourth-order valence-electron chi connectivity index (χ4n) is 3.62. The maximum atomic E-state index is 6.33. The van der Waals surface area contributed by atoms with E-state index in [-0.39, 0.29) is 12.6 Å². The summed E-state index contributed by atoms with van der Waals surface area (Å²) in [5.74, 6) is 1.50. The highest BCUT2D eigenvalue weighted by atomic mass is 79.9. The summed E-state index contributed by atoms with van der Waals surface area (Å²) in [5.41, 5.74) is 6.07. The fraction of sp³-hybridized carbons (Fsp3) is 0.0345. The van der Waals surface area contributed by atoms with Gasteiger partial charge in [0.2, 0.25) is 17.8 Å². The van der Waals surface area contributed by atoms with Crippen molar-refractivity contribution in [2.75, 3.05) is 16.1 Å². The third-order valence-electron chi connectivity index (χ3n) is 5.49. The van der Waals surface area contributed by atoms with E-state index in [4.69, 9.17) is 27.9 Å². The van der Waals surface area contributed by atoms with Crippen LogP contribution in [0.3, 0.4) is 0 Å². The predicted molar refractivity (Wildman–Crippen MR) is 173 cm³/mol. The first-order chi connectivity index (χ1) is 19.9. The summed E-state index contributed by atoms with van der Waals surface area (Å²) in [7, 11) is 0. The number of rotatable bonds is 10. The number of ether oxygens (including phenoxy) is 1. The van der Waals surface area contributed by atoms with Gasteiger partial charge in [-0.1, -0.05) is 81.6 Å². The van der Waals surface area contributed by atoms with E-state index in [0.29, 0.717) is 33.3 Å². The lowest BCUT2D eigenvalue weighted by atomic mass is 10.2. The molecule has 0 amide bonds. The largest absolute Gasteiger partial charge is 0.487 e. The quantitative estimate of drug-likeness (QED) is 0.0981. The molecule has 0 spiro atoms. The van der Waals surface area contributed by atoms with E-state index >= 15 is 0 Å². The van der Waals surface area contributed by atoms with Crippen molar-refractivity contribution in [3.05, 3.63) is 121 Å². The summed E-state index contributed by atoms with van der Waals surface area (Å²) < 4.78 is 7.71. The Kier molecular flexibility index (Phi) is 9.68.